The molecule has 0 fully saturated rings. The van der Waals surface area contributed by atoms with Crippen molar-refractivity contribution < 1.29 is 4.79 Å². The minimum Gasteiger partial charge on any atom is -0.325 e. The van der Waals surface area contributed by atoms with Crippen LogP contribution in [0.15, 0.2) is 24.5 Å². The van der Waals surface area contributed by atoms with Gasteiger partial charge in [0.1, 0.15) is 6.33 Å². The molecule has 0 aliphatic heterocycles. The molecule has 1 atom stereocenters. The van der Waals surface area contributed by atoms with Crippen LogP contribution in [0.2, 0.25) is 0 Å². The molecule has 0 saturated carbocycles. The Morgan fingerprint density at radius 2 is 2.28 bits per heavy atom. The number of tetrazole rings is 1. The molecular formula is C11H12BrN5O. The van der Waals surface area contributed by atoms with E-state index in [0.29, 0.717) is 5.69 Å². The zero-order chi connectivity index (χ0) is 13.1. The van der Waals surface area contributed by atoms with Crippen LogP contribution in [-0.4, -0.2) is 30.9 Å². The van der Waals surface area contributed by atoms with Crippen molar-refractivity contribution in [2.24, 2.45) is 0 Å². The van der Waals surface area contributed by atoms with E-state index in [0.717, 1.165) is 11.3 Å². The number of benzene rings is 1. The second-order valence-corrected chi connectivity index (χ2v) is 5.23. The molecule has 0 saturated heterocycles. The monoisotopic (exact) mass is 309 g/mol. The molecule has 0 bridgehead atoms. The number of anilines is 1. The predicted molar refractivity (Wildman–Crippen MR) is 70.9 cm³/mol. The third-order valence-corrected chi connectivity index (χ3v) is 2.85. The number of aromatic nitrogens is 4. The van der Waals surface area contributed by atoms with E-state index in [-0.39, 0.29) is 10.7 Å². The molecule has 1 aromatic carbocycles. The maximum absolute atomic E-state index is 11.6. The topological polar surface area (TPSA) is 72.7 Å². The minimum atomic E-state index is -0.240. The second-order valence-electron chi connectivity index (χ2n) is 3.86. The van der Waals surface area contributed by atoms with Crippen molar-refractivity contribution in [1.29, 1.82) is 0 Å². The molecule has 7 heteroatoms. The summed E-state index contributed by atoms with van der Waals surface area (Å²) in [4.78, 5) is 11.3. The van der Waals surface area contributed by atoms with Gasteiger partial charge in [0.05, 0.1) is 10.5 Å². The molecule has 1 unspecified atom stereocenters. The first-order chi connectivity index (χ1) is 8.58. The van der Waals surface area contributed by atoms with E-state index in [1.54, 1.807) is 11.6 Å². The van der Waals surface area contributed by atoms with E-state index >= 15 is 0 Å². The first-order valence-corrected chi connectivity index (χ1v) is 6.28. The number of carbonyl (C=O) groups is 1. The molecule has 1 N–H and O–H groups in total. The van der Waals surface area contributed by atoms with E-state index in [2.05, 4.69) is 36.8 Å². The minimum absolute atomic E-state index is 0.0958. The highest BCUT2D eigenvalue weighted by molar-refractivity contribution is 9.10. The Morgan fingerprint density at radius 3 is 2.89 bits per heavy atom. The number of amides is 1. The number of halogens is 1. The zero-order valence-corrected chi connectivity index (χ0v) is 11.5. The van der Waals surface area contributed by atoms with Crippen molar-refractivity contribution in [1.82, 2.24) is 20.2 Å². The highest BCUT2D eigenvalue weighted by Gasteiger charge is 2.10. The molecule has 1 heterocycles. The third-order valence-electron chi connectivity index (χ3n) is 2.43. The van der Waals surface area contributed by atoms with Gasteiger partial charge in [-0.15, -0.1) is 5.10 Å². The van der Waals surface area contributed by atoms with E-state index in [9.17, 15) is 4.79 Å². The summed E-state index contributed by atoms with van der Waals surface area (Å²) in [6.45, 7) is 3.72. The molecule has 2 rings (SSSR count). The van der Waals surface area contributed by atoms with Crippen molar-refractivity contribution in [3.05, 3.63) is 30.1 Å². The first kappa shape index (κ1) is 12.7. The lowest BCUT2D eigenvalue weighted by atomic mass is 10.2. The van der Waals surface area contributed by atoms with Crippen LogP contribution in [0, 0.1) is 6.92 Å². The number of carbonyl (C=O) groups excluding carboxylic acids is 1. The van der Waals surface area contributed by atoms with E-state index in [4.69, 9.17) is 0 Å². The molecule has 2 aromatic rings. The molecule has 6 nitrogen and oxygen atoms in total. The number of nitrogens with one attached hydrogen (secondary N) is 1. The van der Waals surface area contributed by atoms with Crippen LogP contribution in [0.25, 0.3) is 5.69 Å². The lowest BCUT2D eigenvalue weighted by Crippen LogP contribution is -2.20. The van der Waals surface area contributed by atoms with Crippen molar-refractivity contribution in [3.8, 4) is 5.69 Å². The average Bonchev–Trinajstić information content (AvgIpc) is 2.85. The smallest absolute Gasteiger partial charge is 0.237 e. The Bertz CT molecular complexity index is 553. The number of alkyl halides is 1. The van der Waals surface area contributed by atoms with Gasteiger partial charge in [-0.25, -0.2) is 4.68 Å². The fraction of sp³-hybridized carbons (Fsp3) is 0.273. The largest absolute Gasteiger partial charge is 0.325 e. The third kappa shape index (κ3) is 2.73. The van der Waals surface area contributed by atoms with Gasteiger partial charge in [0.2, 0.25) is 5.91 Å². The quantitative estimate of drug-likeness (QED) is 0.876. The molecule has 0 spiro atoms. The van der Waals surface area contributed by atoms with E-state index in [1.807, 2.05) is 25.1 Å². The summed E-state index contributed by atoms with van der Waals surface area (Å²) in [6, 6.07) is 5.58. The fourth-order valence-corrected chi connectivity index (χ4v) is 1.56. The van der Waals surface area contributed by atoms with Gasteiger partial charge in [0.15, 0.2) is 0 Å². The Balaban J connectivity index is 2.30. The van der Waals surface area contributed by atoms with Gasteiger partial charge in [-0.05, 0) is 42.0 Å². The molecule has 0 aliphatic carbocycles. The number of nitrogens with zero attached hydrogens (tertiary/aromatic N) is 4. The lowest BCUT2D eigenvalue weighted by molar-refractivity contribution is -0.115. The molecule has 1 aromatic heterocycles. The van der Waals surface area contributed by atoms with Gasteiger partial charge >= 0.3 is 0 Å². The van der Waals surface area contributed by atoms with Crippen LogP contribution in [0.4, 0.5) is 5.69 Å². The molecule has 94 valence electrons. The van der Waals surface area contributed by atoms with Crippen LogP contribution < -0.4 is 5.32 Å². The maximum Gasteiger partial charge on any atom is 0.237 e. The van der Waals surface area contributed by atoms with Gasteiger partial charge < -0.3 is 5.32 Å². The first-order valence-electron chi connectivity index (χ1n) is 5.37. The van der Waals surface area contributed by atoms with Crippen LogP contribution in [0.5, 0.6) is 0 Å². The van der Waals surface area contributed by atoms with Gasteiger partial charge in [0.25, 0.3) is 0 Å². The standard InChI is InChI=1S/C11H12BrN5O/c1-7-3-4-9(14-11(18)8(2)12)5-10(7)17-6-13-15-16-17/h3-6,8H,1-2H3,(H,14,18). The number of hydrogen-bond donors (Lipinski definition) is 1. The van der Waals surface area contributed by atoms with Crippen LogP contribution in [-0.2, 0) is 4.79 Å². The van der Waals surface area contributed by atoms with Crippen molar-refractivity contribution in [2.75, 3.05) is 5.32 Å². The van der Waals surface area contributed by atoms with Crippen LogP contribution >= 0.6 is 15.9 Å². The molecule has 0 aliphatic rings. The highest BCUT2D eigenvalue weighted by atomic mass is 79.9. The summed E-state index contributed by atoms with van der Waals surface area (Å²) < 4.78 is 1.56. The summed E-state index contributed by atoms with van der Waals surface area (Å²) >= 11 is 3.22. The molecule has 0 radical (unpaired) electrons. The summed E-state index contributed by atoms with van der Waals surface area (Å²) in [6.07, 6.45) is 1.51. The Hall–Kier alpha value is -1.76. The molecule has 18 heavy (non-hydrogen) atoms. The van der Waals surface area contributed by atoms with Gasteiger partial charge in [0, 0.05) is 5.69 Å². The number of aryl methyl sites for hydroxylation is 1. The molecule has 1 amide bonds. The summed E-state index contributed by atoms with van der Waals surface area (Å²) in [5.74, 6) is -0.0958. The Kier molecular flexibility index (Phi) is 3.71. The Labute approximate surface area is 113 Å². The highest BCUT2D eigenvalue weighted by Crippen LogP contribution is 2.18. The zero-order valence-electron chi connectivity index (χ0n) is 9.96. The van der Waals surface area contributed by atoms with Crippen molar-refractivity contribution in [3.63, 3.8) is 0 Å². The van der Waals surface area contributed by atoms with E-state index in [1.165, 1.54) is 6.33 Å². The average molecular weight is 310 g/mol. The predicted octanol–water partition coefficient (Wildman–Crippen LogP) is 1.69. The van der Waals surface area contributed by atoms with Crippen molar-refractivity contribution in [2.45, 2.75) is 18.7 Å². The fourth-order valence-electron chi connectivity index (χ4n) is 1.45. The number of hydrogen-bond acceptors (Lipinski definition) is 4. The van der Waals surface area contributed by atoms with Gasteiger partial charge in [-0.2, -0.15) is 0 Å². The van der Waals surface area contributed by atoms with Crippen molar-refractivity contribution >= 4 is 27.5 Å². The SMILES string of the molecule is Cc1ccc(NC(=O)C(C)Br)cc1-n1cnnn1. The summed E-state index contributed by atoms with van der Waals surface area (Å²) in [5, 5.41) is 13.8. The second kappa shape index (κ2) is 5.26. The van der Waals surface area contributed by atoms with Gasteiger partial charge in [-0.1, -0.05) is 22.0 Å². The molecular weight excluding hydrogens is 298 g/mol. The van der Waals surface area contributed by atoms with Crippen LogP contribution in [0.1, 0.15) is 12.5 Å². The van der Waals surface area contributed by atoms with E-state index < -0.39 is 0 Å². The van der Waals surface area contributed by atoms with Gasteiger partial charge in [-0.3, -0.25) is 4.79 Å². The normalized spacial score (nSPS) is 12.2. The lowest BCUT2D eigenvalue weighted by Gasteiger charge is -2.10. The maximum atomic E-state index is 11.6. The Morgan fingerprint density at radius 1 is 1.50 bits per heavy atom. The summed E-state index contributed by atoms with van der Waals surface area (Å²) in [5.41, 5.74) is 2.56. The van der Waals surface area contributed by atoms with Crippen LogP contribution in [0.3, 0.4) is 0 Å². The summed E-state index contributed by atoms with van der Waals surface area (Å²) in [7, 11) is 0. The number of rotatable bonds is 3.